The van der Waals surface area contributed by atoms with E-state index in [1.54, 1.807) is 0 Å². The van der Waals surface area contributed by atoms with E-state index in [1.165, 1.54) is 0 Å². The van der Waals surface area contributed by atoms with Gasteiger partial charge in [-0.1, -0.05) is 6.92 Å². The van der Waals surface area contributed by atoms with Gasteiger partial charge in [0.15, 0.2) is 5.89 Å². The zero-order valence-electron chi connectivity index (χ0n) is 7.76. The minimum Gasteiger partial charge on any atom is -0.446 e. The van der Waals surface area contributed by atoms with Crippen LogP contribution in [0.1, 0.15) is 25.0 Å². The SMILES string of the molecule is CCCc1ncc(CCNC)o1. The highest BCUT2D eigenvalue weighted by Crippen LogP contribution is 2.05. The van der Waals surface area contributed by atoms with Crippen LogP contribution in [0.5, 0.6) is 0 Å². The van der Waals surface area contributed by atoms with Crippen LogP contribution in [0.15, 0.2) is 10.6 Å². The quantitative estimate of drug-likeness (QED) is 0.722. The van der Waals surface area contributed by atoms with Crippen LogP contribution in [0.2, 0.25) is 0 Å². The highest BCUT2D eigenvalue weighted by Gasteiger charge is 2.01. The second-order valence-electron chi connectivity index (χ2n) is 2.82. The Kier molecular flexibility index (Phi) is 3.80. The molecule has 0 aliphatic carbocycles. The standard InChI is InChI=1S/C9H16N2O/c1-3-4-9-11-7-8(12-9)5-6-10-2/h7,10H,3-6H2,1-2H3. The first-order valence-electron chi connectivity index (χ1n) is 4.45. The van der Waals surface area contributed by atoms with Gasteiger partial charge in [0.2, 0.25) is 0 Å². The van der Waals surface area contributed by atoms with Gasteiger partial charge in [-0.15, -0.1) is 0 Å². The lowest BCUT2D eigenvalue weighted by Gasteiger charge is -1.93. The predicted octanol–water partition coefficient (Wildman–Crippen LogP) is 1.39. The Bertz CT molecular complexity index is 220. The maximum atomic E-state index is 5.48. The van der Waals surface area contributed by atoms with Gasteiger partial charge in [0, 0.05) is 19.4 Å². The molecule has 1 heterocycles. The zero-order valence-corrected chi connectivity index (χ0v) is 7.76. The molecule has 0 aliphatic rings. The summed E-state index contributed by atoms with van der Waals surface area (Å²) in [5.41, 5.74) is 0. The smallest absolute Gasteiger partial charge is 0.194 e. The van der Waals surface area contributed by atoms with Crippen molar-refractivity contribution < 1.29 is 4.42 Å². The zero-order chi connectivity index (χ0) is 8.81. The van der Waals surface area contributed by atoms with E-state index in [2.05, 4.69) is 17.2 Å². The van der Waals surface area contributed by atoms with Gasteiger partial charge in [-0.3, -0.25) is 0 Å². The van der Waals surface area contributed by atoms with Gasteiger partial charge < -0.3 is 9.73 Å². The Hall–Kier alpha value is -0.830. The van der Waals surface area contributed by atoms with E-state index in [-0.39, 0.29) is 0 Å². The molecule has 0 aliphatic heterocycles. The van der Waals surface area contributed by atoms with Crippen molar-refractivity contribution in [3.8, 4) is 0 Å². The van der Waals surface area contributed by atoms with Gasteiger partial charge in [-0.25, -0.2) is 4.98 Å². The summed E-state index contributed by atoms with van der Waals surface area (Å²) < 4.78 is 5.48. The molecule has 0 unspecified atom stereocenters. The minimum absolute atomic E-state index is 0.864. The lowest BCUT2D eigenvalue weighted by molar-refractivity contribution is 0.449. The Labute approximate surface area is 73.2 Å². The first kappa shape index (κ1) is 9.26. The monoisotopic (exact) mass is 168 g/mol. The van der Waals surface area contributed by atoms with Crippen molar-refractivity contribution in [2.75, 3.05) is 13.6 Å². The molecule has 0 aromatic carbocycles. The summed E-state index contributed by atoms with van der Waals surface area (Å²) in [5.74, 6) is 1.84. The molecule has 1 aromatic heterocycles. The maximum absolute atomic E-state index is 5.48. The summed E-state index contributed by atoms with van der Waals surface area (Å²) in [5, 5.41) is 3.07. The van der Waals surface area contributed by atoms with E-state index < -0.39 is 0 Å². The number of hydrogen-bond donors (Lipinski definition) is 1. The average Bonchev–Trinajstić information content (AvgIpc) is 2.50. The second-order valence-corrected chi connectivity index (χ2v) is 2.82. The molecule has 0 radical (unpaired) electrons. The summed E-state index contributed by atoms with van der Waals surface area (Å²) >= 11 is 0. The fraction of sp³-hybridized carbons (Fsp3) is 0.667. The molecule has 1 rings (SSSR count). The Morgan fingerprint density at radius 1 is 1.50 bits per heavy atom. The normalized spacial score (nSPS) is 10.5. The summed E-state index contributed by atoms with van der Waals surface area (Å²) in [4.78, 5) is 4.16. The van der Waals surface area contributed by atoms with E-state index in [0.29, 0.717) is 0 Å². The molecule has 0 fully saturated rings. The highest BCUT2D eigenvalue weighted by atomic mass is 16.4. The number of nitrogens with one attached hydrogen (secondary N) is 1. The molecule has 1 aromatic rings. The summed E-state index contributed by atoms with van der Waals surface area (Å²) in [6, 6.07) is 0. The molecule has 0 amide bonds. The van der Waals surface area contributed by atoms with E-state index in [9.17, 15) is 0 Å². The molecular weight excluding hydrogens is 152 g/mol. The number of aryl methyl sites for hydroxylation is 1. The van der Waals surface area contributed by atoms with Gasteiger partial charge in [0.25, 0.3) is 0 Å². The Balaban J connectivity index is 2.41. The lowest BCUT2D eigenvalue weighted by atomic mass is 10.3. The van der Waals surface area contributed by atoms with Crippen molar-refractivity contribution in [2.24, 2.45) is 0 Å². The van der Waals surface area contributed by atoms with Gasteiger partial charge in [0.1, 0.15) is 5.76 Å². The van der Waals surface area contributed by atoms with Crippen molar-refractivity contribution in [2.45, 2.75) is 26.2 Å². The maximum Gasteiger partial charge on any atom is 0.194 e. The molecule has 0 bridgehead atoms. The van der Waals surface area contributed by atoms with Crippen LogP contribution >= 0.6 is 0 Å². The van der Waals surface area contributed by atoms with Gasteiger partial charge in [0.05, 0.1) is 6.20 Å². The van der Waals surface area contributed by atoms with Crippen LogP contribution in [-0.2, 0) is 12.8 Å². The average molecular weight is 168 g/mol. The van der Waals surface area contributed by atoms with Crippen LogP contribution in [0, 0.1) is 0 Å². The molecular formula is C9H16N2O. The predicted molar refractivity (Wildman–Crippen MR) is 48.1 cm³/mol. The van der Waals surface area contributed by atoms with Crippen molar-refractivity contribution in [1.82, 2.24) is 10.3 Å². The van der Waals surface area contributed by atoms with E-state index in [4.69, 9.17) is 4.42 Å². The largest absolute Gasteiger partial charge is 0.446 e. The van der Waals surface area contributed by atoms with E-state index in [1.807, 2.05) is 13.2 Å². The number of aromatic nitrogens is 1. The van der Waals surface area contributed by atoms with Crippen LogP contribution in [0.25, 0.3) is 0 Å². The molecule has 1 N–H and O–H groups in total. The van der Waals surface area contributed by atoms with Gasteiger partial charge in [-0.05, 0) is 13.5 Å². The first-order chi connectivity index (χ1) is 5.86. The minimum atomic E-state index is 0.864. The summed E-state index contributed by atoms with van der Waals surface area (Å²) in [6.45, 7) is 3.07. The molecule has 68 valence electrons. The second kappa shape index (κ2) is 4.93. The molecule has 0 spiro atoms. The molecule has 0 atom stereocenters. The molecule has 3 nitrogen and oxygen atoms in total. The summed E-state index contributed by atoms with van der Waals surface area (Å²) in [7, 11) is 1.93. The van der Waals surface area contributed by atoms with Crippen molar-refractivity contribution in [1.29, 1.82) is 0 Å². The van der Waals surface area contributed by atoms with Crippen molar-refractivity contribution in [3.63, 3.8) is 0 Å². The van der Waals surface area contributed by atoms with Crippen LogP contribution in [-0.4, -0.2) is 18.6 Å². The number of nitrogens with zero attached hydrogens (tertiary/aromatic N) is 1. The molecule has 0 saturated heterocycles. The lowest BCUT2D eigenvalue weighted by Crippen LogP contribution is -2.09. The summed E-state index contributed by atoms with van der Waals surface area (Å²) in [6.07, 6.45) is 4.78. The number of oxazole rings is 1. The third-order valence-electron chi connectivity index (χ3n) is 1.69. The fourth-order valence-corrected chi connectivity index (χ4v) is 1.04. The van der Waals surface area contributed by atoms with E-state index >= 15 is 0 Å². The van der Waals surface area contributed by atoms with Crippen LogP contribution in [0.3, 0.4) is 0 Å². The fourth-order valence-electron chi connectivity index (χ4n) is 1.04. The number of likely N-dealkylation sites (N-methyl/N-ethyl adjacent to an activating group) is 1. The van der Waals surface area contributed by atoms with E-state index in [0.717, 1.165) is 37.5 Å². The van der Waals surface area contributed by atoms with Crippen molar-refractivity contribution >= 4 is 0 Å². The topological polar surface area (TPSA) is 38.1 Å². The number of rotatable bonds is 5. The van der Waals surface area contributed by atoms with Gasteiger partial charge in [-0.2, -0.15) is 0 Å². The third kappa shape index (κ3) is 2.66. The van der Waals surface area contributed by atoms with Crippen LogP contribution < -0.4 is 5.32 Å². The molecule has 12 heavy (non-hydrogen) atoms. The number of hydrogen-bond acceptors (Lipinski definition) is 3. The highest BCUT2D eigenvalue weighted by molar-refractivity contribution is 4.94. The van der Waals surface area contributed by atoms with Gasteiger partial charge >= 0.3 is 0 Å². The third-order valence-corrected chi connectivity index (χ3v) is 1.69. The molecule has 0 saturated carbocycles. The Morgan fingerprint density at radius 2 is 2.33 bits per heavy atom. The van der Waals surface area contributed by atoms with Crippen LogP contribution in [0.4, 0.5) is 0 Å². The Morgan fingerprint density at radius 3 is 3.00 bits per heavy atom. The molecule has 3 heteroatoms. The first-order valence-corrected chi connectivity index (χ1v) is 4.45. The van der Waals surface area contributed by atoms with Crippen molar-refractivity contribution in [3.05, 3.63) is 17.8 Å².